The van der Waals surface area contributed by atoms with Gasteiger partial charge in [-0.15, -0.1) is 22.7 Å². The van der Waals surface area contributed by atoms with Crippen LogP contribution in [0.1, 0.15) is 25.0 Å². The van der Waals surface area contributed by atoms with Gasteiger partial charge in [-0.25, -0.2) is 0 Å². The minimum Gasteiger partial charge on any atom is -0.310 e. The maximum Gasteiger partial charge on any atom is 0.0543 e. The lowest BCUT2D eigenvalue weighted by Gasteiger charge is -2.30. The Morgan fingerprint density at radius 2 is 0.731 bits per heavy atom. The minimum atomic E-state index is -0.326. The van der Waals surface area contributed by atoms with Crippen molar-refractivity contribution in [3.05, 3.63) is 230 Å². The maximum atomic E-state index is 2.52. The van der Waals surface area contributed by atoms with E-state index in [0.29, 0.717) is 0 Å². The summed E-state index contributed by atoms with van der Waals surface area (Å²) in [6, 6.07) is 81.3. The fraction of sp³-hybridized carbons (Fsp3) is 0.0476. The van der Waals surface area contributed by atoms with E-state index in [4.69, 9.17) is 0 Å². The first kappa shape index (κ1) is 38.5. The molecule has 1 aliphatic carbocycles. The van der Waals surface area contributed by atoms with Crippen LogP contribution < -0.4 is 9.80 Å². The molecule has 0 unspecified atom stereocenters. The first-order valence-corrected chi connectivity index (χ1v) is 24.7. The Kier molecular flexibility index (Phi) is 8.40. The average Bonchev–Trinajstić information content (AvgIpc) is 4.02. The monoisotopic (exact) mass is 890 g/mol. The second-order valence-corrected chi connectivity index (χ2v) is 20.6. The highest BCUT2D eigenvalue weighted by Gasteiger charge is 2.41. The van der Waals surface area contributed by atoms with Crippen molar-refractivity contribution in [2.45, 2.75) is 19.3 Å². The van der Waals surface area contributed by atoms with Crippen LogP contribution in [0.5, 0.6) is 0 Å². The van der Waals surface area contributed by atoms with Gasteiger partial charge in [-0.1, -0.05) is 141 Å². The van der Waals surface area contributed by atoms with E-state index in [-0.39, 0.29) is 5.41 Å². The minimum absolute atomic E-state index is 0.326. The Morgan fingerprint density at radius 1 is 0.299 bits per heavy atom. The summed E-state index contributed by atoms with van der Waals surface area (Å²) in [4.78, 5) is 4.92. The third-order valence-electron chi connectivity index (χ3n) is 14.3. The van der Waals surface area contributed by atoms with Crippen molar-refractivity contribution in [2.24, 2.45) is 0 Å². The highest BCUT2D eigenvalue weighted by atomic mass is 32.1. The second-order valence-electron chi connectivity index (χ2n) is 18.4. The number of rotatable bonds is 6. The van der Waals surface area contributed by atoms with E-state index in [0.717, 1.165) is 28.4 Å². The van der Waals surface area contributed by atoms with E-state index >= 15 is 0 Å². The molecule has 316 valence electrons. The van der Waals surface area contributed by atoms with Crippen molar-refractivity contribution in [1.82, 2.24) is 0 Å². The van der Waals surface area contributed by atoms with Crippen LogP contribution >= 0.6 is 22.7 Å². The molecule has 11 aromatic carbocycles. The van der Waals surface area contributed by atoms with Gasteiger partial charge in [0, 0.05) is 79.6 Å². The molecule has 2 nitrogen and oxygen atoms in total. The summed E-state index contributed by atoms with van der Waals surface area (Å²) in [7, 11) is 0. The SMILES string of the molecule is CC1(C)c2cc(N(c3ccccc3)c3ccc4sc5ccccc5c4c3)c3ccccc3c2-c2c1c1ccc(N(c3ccccc3)c3ccc4sc5ccccc5c4c3)cc1c1ccccc21. The number of hydrogen-bond acceptors (Lipinski definition) is 4. The molecular weight excluding hydrogens is 849 g/mol. The molecule has 0 N–H and O–H groups in total. The Morgan fingerprint density at radius 3 is 1.33 bits per heavy atom. The second kappa shape index (κ2) is 14.6. The summed E-state index contributed by atoms with van der Waals surface area (Å²) in [6.07, 6.45) is 0. The Bertz CT molecular complexity index is 4140. The van der Waals surface area contributed by atoms with Crippen LogP contribution in [0.2, 0.25) is 0 Å². The quantitative estimate of drug-likeness (QED) is 0.154. The first-order chi connectivity index (χ1) is 33.0. The zero-order valence-electron chi connectivity index (χ0n) is 37.0. The molecule has 0 saturated heterocycles. The van der Waals surface area contributed by atoms with Crippen molar-refractivity contribution in [3.8, 4) is 11.1 Å². The fourth-order valence-electron chi connectivity index (χ4n) is 11.4. The van der Waals surface area contributed by atoms with Crippen LogP contribution in [-0.2, 0) is 5.41 Å². The summed E-state index contributed by atoms with van der Waals surface area (Å²) in [5.74, 6) is 0. The third-order valence-corrected chi connectivity index (χ3v) is 16.6. The van der Waals surface area contributed by atoms with E-state index in [2.05, 4.69) is 242 Å². The summed E-state index contributed by atoms with van der Waals surface area (Å²) in [5.41, 5.74) is 12.0. The van der Waals surface area contributed by atoms with Crippen LogP contribution in [-0.4, -0.2) is 0 Å². The zero-order valence-corrected chi connectivity index (χ0v) is 38.6. The molecule has 2 aromatic heterocycles. The molecule has 1 aliphatic rings. The molecule has 67 heavy (non-hydrogen) atoms. The molecule has 2 heterocycles. The number of anilines is 6. The van der Waals surface area contributed by atoms with Gasteiger partial charge in [-0.2, -0.15) is 0 Å². The molecule has 4 heteroatoms. The van der Waals surface area contributed by atoms with E-state index in [1.54, 1.807) is 0 Å². The summed E-state index contributed by atoms with van der Waals surface area (Å²) < 4.78 is 5.24. The highest BCUT2D eigenvalue weighted by molar-refractivity contribution is 7.26. The van der Waals surface area contributed by atoms with Crippen molar-refractivity contribution in [2.75, 3.05) is 9.80 Å². The normalized spacial score (nSPS) is 13.0. The Labute approximate surface area is 396 Å². The number of nitrogens with zero attached hydrogens (tertiary/aromatic N) is 2. The van der Waals surface area contributed by atoms with Crippen LogP contribution in [0.25, 0.3) is 83.8 Å². The van der Waals surface area contributed by atoms with Gasteiger partial charge in [-0.05, 0) is 140 Å². The molecule has 0 spiro atoms. The number of hydrogen-bond donors (Lipinski definition) is 0. The van der Waals surface area contributed by atoms with Crippen LogP contribution in [0, 0.1) is 0 Å². The number of fused-ring (bicyclic) bond motifs is 16. The lowest BCUT2D eigenvalue weighted by Crippen LogP contribution is -2.17. The van der Waals surface area contributed by atoms with E-state index in [9.17, 15) is 0 Å². The molecule has 13 aromatic rings. The predicted octanol–water partition coefficient (Wildman–Crippen LogP) is 19.1. The summed E-state index contributed by atoms with van der Waals surface area (Å²) in [6.45, 7) is 4.90. The molecule has 0 saturated carbocycles. The number of para-hydroxylation sites is 2. The Balaban J connectivity index is 1.000. The molecule has 14 rings (SSSR count). The average molecular weight is 891 g/mol. The van der Waals surface area contributed by atoms with Gasteiger partial charge in [0.1, 0.15) is 0 Å². The smallest absolute Gasteiger partial charge is 0.0543 e. The van der Waals surface area contributed by atoms with Crippen LogP contribution in [0.15, 0.2) is 218 Å². The topological polar surface area (TPSA) is 6.48 Å². The van der Waals surface area contributed by atoms with Crippen LogP contribution in [0.3, 0.4) is 0 Å². The van der Waals surface area contributed by atoms with Gasteiger partial charge in [0.05, 0.1) is 5.69 Å². The standard InChI is InChI=1S/C63H42N2S2/c1-63(2)54-38-55(65(40-19-7-4-8-20-40)43-31-34-59-53(37-43)47-24-14-16-28-57(47)67-59)45-22-10-12-26-49(45)60(54)61-48-25-11-9-21-44(48)51-35-41(29-32-50(51)62(61)63)64(39-17-5-3-6-18-39)42-30-33-58-52(36-42)46-23-13-15-27-56(46)66-58/h3-38H,1-2H3. The van der Waals surface area contributed by atoms with Crippen molar-refractivity contribution >= 4 is 129 Å². The van der Waals surface area contributed by atoms with Gasteiger partial charge in [-0.3, -0.25) is 0 Å². The van der Waals surface area contributed by atoms with Gasteiger partial charge in [0.25, 0.3) is 0 Å². The van der Waals surface area contributed by atoms with E-state index in [1.165, 1.54) is 101 Å². The molecular formula is C63H42N2S2. The maximum absolute atomic E-state index is 2.52. The molecule has 0 bridgehead atoms. The van der Waals surface area contributed by atoms with E-state index in [1.807, 2.05) is 22.7 Å². The van der Waals surface area contributed by atoms with E-state index < -0.39 is 0 Å². The number of benzene rings is 11. The van der Waals surface area contributed by atoms with Crippen molar-refractivity contribution < 1.29 is 0 Å². The third kappa shape index (κ3) is 5.73. The van der Waals surface area contributed by atoms with Gasteiger partial charge < -0.3 is 9.80 Å². The molecule has 0 aliphatic heterocycles. The lowest BCUT2D eigenvalue weighted by atomic mass is 9.79. The molecule has 0 atom stereocenters. The van der Waals surface area contributed by atoms with Gasteiger partial charge in [0.15, 0.2) is 0 Å². The predicted molar refractivity (Wildman–Crippen MR) is 292 cm³/mol. The highest BCUT2D eigenvalue weighted by Crippen LogP contribution is 2.59. The van der Waals surface area contributed by atoms with Crippen LogP contribution in [0.4, 0.5) is 34.1 Å². The first-order valence-electron chi connectivity index (χ1n) is 23.1. The number of thiophene rings is 2. The summed E-state index contributed by atoms with van der Waals surface area (Å²) in [5, 5.41) is 12.8. The molecule has 0 fully saturated rings. The van der Waals surface area contributed by atoms with Gasteiger partial charge in [0.2, 0.25) is 0 Å². The van der Waals surface area contributed by atoms with Gasteiger partial charge >= 0.3 is 0 Å². The van der Waals surface area contributed by atoms with Crippen molar-refractivity contribution in [1.29, 1.82) is 0 Å². The van der Waals surface area contributed by atoms with Crippen molar-refractivity contribution in [3.63, 3.8) is 0 Å². The molecule has 0 radical (unpaired) electrons. The molecule has 0 amide bonds. The fourth-order valence-corrected chi connectivity index (χ4v) is 13.6. The lowest BCUT2D eigenvalue weighted by molar-refractivity contribution is 0.667. The Hall–Kier alpha value is -7.76. The summed E-state index contributed by atoms with van der Waals surface area (Å²) >= 11 is 3.73. The zero-order chi connectivity index (χ0) is 44.4. The largest absolute Gasteiger partial charge is 0.310 e.